The van der Waals surface area contributed by atoms with Crippen LogP contribution in [-0.4, -0.2) is 38.2 Å². The Morgan fingerprint density at radius 3 is 2.68 bits per heavy atom. The summed E-state index contributed by atoms with van der Waals surface area (Å²) in [6.45, 7) is 6.71. The van der Waals surface area contributed by atoms with E-state index < -0.39 is 0 Å². The maximum Gasteiger partial charge on any atom is 0.123 e. The van der Waals surface area contributed by atoms with Gasteiger partial charge in [0.05, 0.1) is 7.11 Å². The van der Waals surface area contributed by atoms with E-state index in [1.54, 1.807) is 7.11 Å². The molecule has 106 valence electrons. The number of piperazine rings is 1. The molecule has 1 aliphatic heterocycles. The fourth-order valence-electron chi connectivity index (χ4n) is 2.87. The van der Waals surface area contributed by atoms with E-state index in [4.69, 9.17) is 4.74 Å². The quantitative estimate of drug-likeness (QED) is 0.853. The van der Waals surface area contributed by atoms with Gasteiger partial charge < -0.3 is 10.1 Å². The molecule has 1 aliphatic rings. The van der Waals surface area contributed by atoms with Crippen LogP contribution < -0.4 is 10.1 Å². The van der Waals surface area contributed by atoms with Gasteiger partial charge in [0.2, 0.25) is 0 Å². The molecular formula is C16H26N2O. The van der Waals surface area contributed by atoms with Crippen molar-refractivity contribution in [2.75, 3.05) is 33.3 Å². The van der Waals surface area contributed by atoms with Gasteiger partial charge in [0, 0.05) is 37.8 Å². The highest BCUT2D eigenvalue weighted by Crippen LogP contribution is 2.33. The molecule has 19 heavy (non-hydrogen) atoms. The van der Waals surface area contributed by atoms with Gasteiger partial charge in [-0.1, -0.05) is 38.0 Å². The molecule has 2 rings (SSSR count). The lowest BCUT2D eigenvalue weighted by molar-refractivity contribution is 0.160. The minimum Gasteiger partial charge on any atom is -0.496 e. The number of unbranched alkanes of at least 4 members (excludes halogenated alkanes) is 1. The van der Waals surface area contributed by atoms with Crippen LogP contribution in [0.4, 0.5) is 0 Å². The molecule has 0 aliphatic carbocycles. The van der Waals surface area contributed by atoms with E-state index in [9.17, 15) is 0 Å². The molecule has 1 N–H and O–H groups in total. The largest absolute Gasteiger partial charge is 0.496 e. The van der Waals surface area contributed by atoms with E-state index >= 15 is 0 Å². The van der Waals surface area contributed by atoms with Crippen LogP contribution >= 0.6 is 0 Å². The van der Waals surface area contributed by atoms with Crippen molar-refractivity contribution in [3.8, 4) is 5.75 Å². The van der Waals surface area contributed by atoms with E-state index in [0.717, 1.165) is 31.9 Å². The Bertz CT molecular complexity index is 375. The minimum atomic E-state index is 0.498. The molecule has 0 radical (unpaired) electrons. The van der Waals surface area contributed by atoms with Crippen LogP contribution in [0.1, 0.15) is 37.8 Å². The molecule has 1 saturated heterocycles. The van der Waals surface area contributed by atoms with Gasteiger partial charge in [-0.3, -0.25) is 4.90 Å². The molecule has 3 heteroatoms. The third kappa shape index (κ3) is 3.71. The highest BCUT2D eigenvalue weighted by molar-refractivity contribution is 5.36. The number of methoxy groups -OCH3 is 1. The van der Waals surface area contributed by atoms with Crippen molar-refractivity contribution in [1.82, 2.24) is 10.2 Å². The monoisotopic (exact) mass is 262 g/mol. The van der Waals surface area contributed by atoms with Crippen LogP contribution in [-0.2, 0) is 0 Å². The summed E-state index contributed by atoms with van der Waals surface area (Å²) in [6, 6.07) is 8.98. The molecule has 0 aromatic heterocycles. The second kappa shape index (κ2) is 7.51. The van der Waals surface area contributed by atoms with Gasteiger partial charge in [-0.15, -0.1) is 0 Å². The van der Waals surface area contributed by atoms with Crippen molar-refractivity contribution >= 4 is 0 Å². The van der Waals surface area contributed by atoms with Crippen LogP contribution in [0.2, 0.25) is 0 Å². The Balaban J connectivity index is 2.19. The van der Waals surface area contributed by atoms with E-state index in [2.05, 4.69) is 41.4 Å². The van der Waals surface area contributed by atoms with Crippen molar-refractivity contribution < 1.29 is 4.74 Å². The second-order valence-electron chi connectivity index (χ2n) is 5.19. The SMILES string of the molecule is CCCCC(c1ccccc1OC)N1CCNCC1. The van der Waals surface area contributed by atoms with E-state index in [1.807, 2.05) is 0 Å². The van der Waals surface area contributed by atoms with E-state index in [0.29, 0.717) is 6.04 Å². The minimum absolute atomic E-state index is 0.498. The van der Waals surface area contributed by atoms with Crippen molar-refractivity contribution in [3.05, 3.63) is 29.8 Å². The molecule has 3 nitrogen and oxygen atoms in total. The molecule has 1 fully saturated rings. The van der Waals surface area contributed by atoms with Crippen LogP contribution in [0.5, 0.6) is 5.75 Å². The van der Waals surface area contributed by atoms with Gasteiger partial charge >= 0.3 is 0 Å². The summed E-state index contributed by atoms with van der Waals surface area (Å²) >= 11 is 0. The first-order chi connectivity index (χ1) is 9.36. The molecule has 0 amide bonds. The molecule has 0 spiro atoms. The summed E-state index contributed by atoms with van der Waals surface area (Å²) in [6.07, 6.45) is 3.74. The zero-order valence-electron chi connectivity index (χ0n) is 12.2. The summed E-state index contributed by atoms with van der Waals surface area (Å²) in [4.78, 5) is 2.60. The van der Waals surface area contributed by atoms with Crippen LogP contribution in [0.3, 0.4) is 0 Å². The van der Waals surface area contributed by atoms with E-state index in [-0.39, 0.29) is 0 Å². The van der Waals surface area contributed by atoms with Crippen molar-refractivity contribution in [2.45, 2.75) is 32.2 Å². The number of hydrogen-bond acceptors (Lipinski definition) is 3. The van der Waals surface area contributed by atoms with Crippen LogP contribution in [0, 0.1) is 0 Å². The van der Waals surface area contributed by atoms with Gasteiger partial charge in [-0.2, -0.15) is 0 Å². The molecule has 0 saturated carbocycles. The third-order valence-electron chi connectivity index (χ3n) is 3.92. The molecule has 1 atom stereocenters. The molecule has 1 heterocycles. The first-order valence-electron chi connectivity index (χ1n) is 7.44. The summed E-state index contributed by atoms with van der Waals surface area (Å²) in [5.74, 6) is 1.03. The maximum absolute atomic E-state index is 5.55. The van der Waals surface area contributed by atoms with Gasteiger partial charge in [0.25, 0.3) is 0 Å². The zero-order valence-corrected chi connectivity index (χ0v) is 12.2. The Labute approximate surface area is 116 Å². The predicted octanol–water partition coefficient (Wildman–Crippen LogP) is 2.83. The van der Waals surface area contributed by atoms with E-state index in [1.165, 1.54) is 24.8 Å². The second-order valence-corrected chi connectivity index (χ2v) is 5.19. The molecule has 0 bridgehead atoms. The molecule has 1 aromatic carbocycles. The Morgan fingerprint density at radius 2 is 2.00 bits per heavy atom. The maximum atomic E-state index is 5.55. The number of ether oxygens (including phenoxy) is 1. The number of benzene rings is 1. The van der Waals surface area contributed by atoms with Gasteiger partial charge in [0.15, 0.2) is 0 Å². The highest BCUT2D eigenvalue weighted by Gasteiger charge is 2.23. The van der Waals surface area contributed by atoms with Crippen molar-refractivity contribution in [2.24, 2.45) is 0 Å². The van der Waals surface area contributed by atoms with Crippen LogP contribution in [0.15, 0.2) is 24.3 Å². The fourth-order valence-corrected chi connectivity index (χ4v) is 2.87. The Kier molecular flexibility index (Phi) is 5.67. The normalized spacial score (nSPS) is 18.2. The summed E-state index contributed by atoms with van der Waals surface area (Å²) in [5, 5.41) is 3.43. The number of nitrogens with zero attached hydrogens (tertiary/aromatic N) is 1. The highest BCUT2D eigenvalue weighted by atomic mass is 16.5. The average molecular weight is 262 g/mol. The Morgan fingerprint density at radius 1 is 1.26 bits per heavy atom. The fraction of sp³-hybridized carbons (Fsp3) is 0.625. The van der Waals surface area contributed by atoms with Gasteiger partial charge in [-0.05, 0) is 12.5 Å². The lowest BCUT2D eigenvalue weighted by Gasteiger charge is -2.36. The standard InChI is InChI=1S/C16H26N2O/c1-3-4-8-15(18-12-10-17-11-13-18)14-7-5-6-9-16(14)19-2/h5-7,9,15,17H,3-4,8,10-13H2,1-2H3. The summed E-state index contributed by atoms with van der Waals surface area (Å²) < 4.78 is 5.55. The molecule has 1 unspecified atom stereocenters. The van der Waals surface area contributed by atoms with Crippen molar-refractivity contribution in [1.29, 1.82) is 0 Å². The summed E-state index contributed by atoms with van der Waals surface area (Å²) in [5.41, 5.74) is 1.35. The van der Waals surface area contributed by atoms with Crippen LogP contribution in [0.25, 0.3) is 0 Å². The summed E-state index contributed by atoms with van der Waals surface area (Å²) in [7, 11) is 1.77. The number of rotatable bonds is 6. The molecular weight excluding hydrogens is 236 g/mol. The predicted molar refractivity (Wildman–Crippen MR) is 79.7 cm³/mol. The smallest absolute Gasteiger partial charge is 0.123 e. The Hall–Kier alpha value is -1.06. The first kappa shape index (κ1) is 14.4. The number of nitrogens with one attached hydrogen (secondary N) is 1. The van der Waals surface area contributed by atoms with Crippen molar-refractivity contribution in [3.63, 3.8) is 0 Å². The number of para-hydroxylation sites is 1. The first-order valence-corrected chi connectivity index (χ1v) is 7.44. The average Bonchev–Trinajstić information content (AvgIpc) is 2.49. The van der Waals surface area contributed by atoms with Gasteiger partial charge in [-0.25, -0.2) is 0 Å². The lowest BCUT2D eigenvalue weighted by atomic mass is 9.98. The van der Waals surface area contributed by atoms with Gasteiger partial charge in [0.1, 0.15) is 5.75 Å². The third-order valence-corrected chi connectivity index (χ3v) is 3.92. The zero-order chi connectivity index (χ0) is 13.5. The lowest BCUT2D eigenvalue weighted by Crippen LogP contribution is -2.45. The molecule has 1 aromatic rings. The number of hydrogen-bond donors (Lipinski definition) is 1. The topological polar surface area (TPSA) is 24.5 Å².